The maximum atomic E-state index is 4.47. The summed E-state index contributed by atoms with van der Waals surface area (Å²) in [6, 6.07) is 0. The van der Waals surface area contributed by atoms with E-state index in [0.717, 1.165) is 18.9 Å². The maximum Gasteiger partial charge on any atom is 0.108 e. The molecule has 1 N–H and O–H groups in total. The molecule has 0 unspecified atom stereocenters. The van der Waals surface area contributed by atoms with Crippen LogP contribution in [-0.2, 0) is 13.0 Å². The van der Waals surface area contributed by atoms with Gasteiger partial charge in [-0.1, -0.05) is 6.92 Å². The van der Waals surface area contributed by atoms with Crippen molar-refractivity contribution in [1.82, 2.24) is 14.9 Å². The normalized spacial score (nSPS) is 17.8. The number of imidazole rings is 1. The predicted octanol–water partition coefficient (Wildman–Crippen LogP) is 2.23. The molecular weight excluding hydrogens is 198 g/mol. The Hall–Kier alpha value is -0.830. The number of aryl methyl sites for hydroxylation is 2. The van der Waals surface area contributed by atoms with Gasteiger partial charge in [-0.15, -0.1) is 0 Å². The maximum absolute atomic E-state index is 4.47. The van der Waals surface area contributed by atoms with Gasteiger partial charge in [0, 0.05) is 25.4 Å². The standard InChI is InChI=1S/C13H23N3/c1-2-10-16-11-9-15-13(16)4-3-12-5-7-14-8-6-12/h9,11-12,14H,2-8,10H2,1H3. The molecule has 0 radical (unpaired) electrons. The van der Waals surface area contributed by atoms with E-state index in [4.69, 9.17) is 0 Å². The molecule has 90 valence electrons. The summed E-state index contributed by atoms with van der Waals surface area (Å²) in [6.45, 7) is 5.74. The van der Waals surface area contributed by atoms with Crippen LogP contribution in [0.5, 0.6) is 0 Å². The van der Waals surface area contributed by atoms with Crippen LogP contribution < -0.4 is 5.32 Å². The highest BCUT2D eigenvalue weighted by Gasteiger charge is 2.13. The van der Waals surface area contributed by atoms with Crippen LogP contribution in [0.3, 0.4) is 0 Å². The summed E-state index contributed by atoms with van der Waals surface area (Å²) in [4.78, 5) is 4.47. The SMILES string of the molecule is CCCn1ccnc1CCC1CCNCC1. The molecule has 0 aliphatic carbocycles. The Bertz CT molecular complexity index is 300. The fourth-order valence-electron chi connectivity index (χ4n) is 2.52. The third-order valence-corrected chi connectivity index (χ3v) is 3.50. The molecule has 3 nitrogen and oxygen atoms in total. The number of aromatic nitrogens is 2. The van der Waals surface area contributed by atoms with Crippen LogP contribution in [0.15, 0.2) is 12.4 Å². The van der Waals surface area contributed by atoms with Crippen molar-refractivity contribution >= 4 is 0 Å². The summed E-state index contributed by atoms with van der Waals surface area (Å²) in [5.41, 5.74) is 0. The van der Waals surface area contributed by atoms with E-state index in [-0.39, 0.29) is 0 Å². The first-order valence-electron chi connectivity index (χ1n) is 6.61. The lowest BCUT2D eigenvalue weighted by molar-refractivity contribution is 0.350. The fourth-order valence-corrected chi connectivity index (χ4v) is 2.52. The molecule has 0 amide bonds. The van der Waals surface area contributed by atoms with Gasteiger partial charge < -0.3 is 9.88 Å². The van der Waals surface area contributed by atoms with E-state index >= 15 is 0 Å². The zero-order valence-corrected chi connectivity index (χ0v) is 10.3. The van der Waals surface area contributed by atoms with Gasteiger partial charge in [-0.3, -0.25) is 0 Å². The van der Waals surface area contributed by atoms with Gasteiger partial charge >= 0.3 is 0 Å². The van der Waals surface area contributed by atoms with E-state index in [1.165, 1.54) is 44.6 Å². The van der Waals surface area contributed by atoms with Gasteiger partial charge in [0.25, 0.3) is 0 Å². The molecule has 16 heavy (non-hydrogen) atoms. The lowest BCUT2D eigenvalue weighted by Gasteiger charge is -2.22. The van der Waals surface area contributed by atoms with Crippen molar-refractivity contribution in [3.8, 4) is 0 Å². The molecule has 2 heterocycles. The molecule has 0 spiro atoms. The Labute approximate surface area is 98.3 Å². The Balaban J connectivity index is 1.81. The van der Waals surface area contributed by atoms with Gasteiger partial charge in [0.2, 0.25) is 0 Å². The minimum Gasteiger partial charge on any atom is -0.335 e. The molecule has 3 heteroatoms. The number of hydrogen-bond donors (Lipinski definition) is 1. The molecule has 1 aliphatic rings. The molecule has 1 aromatic rings. The summed E-state index contributed by atoms with van der Waals surface area (Å²) in [5.74, 6) is 2.19. The lowest BCUT2D eigenvalue weighted by Crippen LogP contribution is -2.28. The molecule has 0 bridgehead atoms. The Morgan fingerprint density at radius 1 is 1.44 bits per heavy atom. The van der Waals surface area contributed by atoms with Gasteiger partial charge in [0.15, 0.2) is 0 Å². The third-order valence-electron chi connectivity index (χ3n) is 3.50. The predicted molar refractivity (Wildman–Crippen MR) is 66.4 cm³/mol. The van der Waals surface area contributed by atoms with Crippen molar-refractivity contribution in [2.75, 3.05) is 13.1 Å². The second kappa shape index (κ2) is 6.04. The number of nitrogens with one attached hydrogen (secondary N) is 1. The smallest absolute Gasteiger partial charge is 0.108 e. The summed E-state index contributed by atoms with van der Waals surface area (Å²) in [6.07, 6.45) is 10.4. The zero-order chi connectivity index (χ0) is 11.2. The number of rotatable bonds is 5. The van der Waals surface area contributed by atoms with Crippen molar-refractivity contribution in [3.63, 3.8) is 0 Å². The van der Waals surface area contributed by atoms with Gasteiger partial charge in [-0.2, -0.15) is 0 Å². The summed E-state index contributed by atoms with van der Waals surface area (Å²) in [7, 11) is 0. The van der Waals surface area contributed by atoms with Crippen molar-refractivity contribution in [3.05, 3.63) is 18.2 Å². The van der Waals surface area contributed by atoms with Crippen LogP contribution in [-0.4, -0.2) is 22.6 Å². The molecular formula is C13H23N3. The molecule has 0 aromatic carbocycles. The molecule has 2 rings (SSSR count). The van der Waals surface area contributed by atoms with Crippen LogP contribution in [0.2, 0.25) is 0 Å². The Morgan fingerprint density at radius 2 is 2.25 bits per heavy atom. The molecule has 0 atom stereocenters. The van der Waals surface area contributed by atoms with Crippen LogP contribution in [0.1, 0.15) is 38.4 Å². The fraction of sp³-hybridized carbons (Fsp3) is 0.769. The van der Waals surface area contributed by atoms with Crippen molar-refractivity contribution in [2.24, 2.45) is 5.92 Å². The molecule has 1 fully saturated rings. The largest absolute Gasteiger partial charge is 0.335 e. The van der Waals surface area contributed by atoms with E-state index < -0.39 is 0 Å². The van der Waals surface area contributed by atoms with E-state index in [9.17, 15) is 0 Å². The highest BCUT2D eigenvalue weighted by atomic mass is 15.1. The number of piperidine rings is 1. The molecule has 1 aliphatic heterocycles. The van der Waals surface area contributed by atoms with Gasteiger partial charge in [-0.25, -0.2) is 4.98 Å². The average molecular weight is 221 g/mol. The number of hydrogen-bond acceptors (Lipinski definition) is 2. The summed E-state index contributed by atoms with van der Waals surface area (Å²) >= 11 is 0. The number of nitrogens with zero attached hydrogens (tertiary/aromatic N) is 2. The molecule has 1 aromatic heterocycles. The highest BCUT2D eigenvalue weighted by Crippen LogP contribution is 2.18. The van der Waals surface area contributed by atoms with Crippen molar-refractivity contribution in [2.45, 2.75) is 45.6 Å². The third kappa shape index (κ3) is 3.08. The average Bonchev–Trinajstić information content (AvgIpc) is 2.76. The van der Waals surface area contributed by atoms with E-state index in [0.29, 0.717) is 0 Å². The monoisotopic (exact) mass is 221 g/mol. The van der Waals surface area contributed by atoms with Crippen LogP contribution in [0.25, 0.3) is 0 Å². The quantitative estimate of drug-likeness (QED) is 0.826. The van der Waals surface area contributed by atoms with E-state index in [1.807, 2.05) is 6.20 Å². The summed E-state index contributed by atoms with van der Waals surface area (Å²) < 4.78 is 2.31. The van der Waals surface area contributed by atoms with Gasteiger partial charge in [0.05, 0.1) is 0 Å². The van der Waals surface area contributed by atoms with Gasteiger partial charge in [0.1, 0.15) is 5.82 Å². The lowest BCUT2D eigenvalue weighted by atomic mass is 9.93. The first kappa shape index (κ1) is 11.6. The summed E-state index contributed by atoms with van der Waals surface area (Å²) in [5, 5.41) is 3.42. The van der Waals surface area contributed by atoms with Crippen LogP contribution in [0.4, 0.5) is 0 Å². The first-order valence-corrected chi connectivity index (χ1v) is 6.61. The van der Waals surface area contributed by atoms with Crippen molar-refractivity contribution in [1.29, 1.82) is 0 Å². The molecule has 0 saturated carbocycles. The Morgan fingerprint density at radius 3 is 3.00 bits per heavy atom. The zero-order valence-electron chi connectivity index (χ0n) is 10.3. The second-order valence-corrected chi connectivity index (χ2v) is 4.77. The Kier molecular flexibility index (Phi) is 4.40. The minimum absolute atomic E-state index is 0.910. The van der Waals surface area contributed by atoms with Crippen LogP contribution >= 0.6 is 0 Å². The topological polar surface area (TPSA) is 29.9 Å². The highest BCUT2D eigenvalue weighted by molar-refractivity contribution is 4.93. The first-order chi connectivity index (χ1) is 7.90. The van der Waals surface area contributed by atoms with Gasteiger partial charge in [-0.05, 0) is 44.7 Å². The molecule has 1 saturated heterocycles. The van der Waals surface area contributed by atoms with Crippen LogP contribution in [0, 0.1) is 5.92 Å². The van der Waals surface area contributed by atoms with Crippen molar-refractivity contribution < 1.29 is 0 Å². The van der Waals surface area contributed by atoms with E-state index in [1.54, 1.807) is 0 Å². The second-order valence-electron chi connectivity index (χ2n) is 4.77. The minimum atomic E-state index is 0.910. The van der Waals surface area contributed by atoms with E-state index in [2.05, 4.69) is 28.0 Å².